The van der Waals surface area contributed by atoms with Crippen molar-refractivity contribution in [3.8, 4) is 11.5 Å². The SMILES string of the molecule is COc1ccc(C(=O)O[C@@H](C)C(=O)c2ccc(NS(C)(=O)=O)cc2)c(O)c1. The van der Waals surface area contributed by atoms with Gasteiger partial charge >= 0.3 is 5.97 Å². The molecule has 144 valence electrons. The average molecular weight is 393 g/mol. The number of nitrogens with one attached hydrogen (secondary N) is 1. The molecular formula is C18H19NO7S. The van der Waals surface area contributed by atoms with Crippen molar-refractivity contribution < 1.29 is 32.6 Å². The summed E-state index contributed by atoms with van der Waals surface area (Å²) in [5.41, 5.74) is 0.457. The lowest BCUT2D eigenvalue weighted by Gasteiger charge is -2.14. The lowest BCUT2D eigenvalue weighted by atomic mass is 10.1. The number of benzene rings is 2. The Hall–Kier alpha value is -3.07. The molecule has 0 aliphatic rings. The van der Waals surface area contributed by atoms with E-state index < -0.39 is 27.9 Å². The minimum absolute atomic E-state index is 0.0943. The molecule has 2 N–H and O–H groups in total. The van der Waals surface area contributed by atoms with Crippen LogP contribution in [0.5, 0.6) is 11.5 Å². The summed E-state index contributed by atoms with van der Waals surface area (Å²) in [6.07, 6.45) is -0.0879. The van der Waals surface area contributed by atoms with E-state index >= 15 is 0 Å². The molecule has 0 unspecified atom stereocenters. The molecule has 0 bridgehead atoms. The predicted octanol–water partition coefficient (Wildman–Crippen LogP) is 2.20. The summed E-state index contributed by atoms with van der Waals surface area (Å²) >= 11 is 0. The summed E-state index contributed by atoms with van der Waals surface area (Å²) < 4.78 is 34.7. The van der Waals surface area contributed by atoms with Gasteiger partial charge in [-0.2, -0.15) is 0 Å². The molecule has 0 saturated heterocycles. The van der Waals surface area contributed by atoms with Gasteiger partial charge in [0.15, 0.2) is 6.10 Å². The number of phenols is 1. The zero-order valence-electron chi connectivity index (χ0n) is 14.9. The van der Waals surface area contributed by atoms with Crippen LogP contribution in [0.4, 0.5) is 5.69 Å². The van der Waals surface area contributed by atoms with Crippen molar-refractivity contribution in [2.45, 2.75) is 13.0 Å². The summed E-state index contributed by atoms with van der Waals surface area (Å²) in [7, 11) is -2.00. The van der Waals surface area contributed by atoms with Gasteiger partial charge in [-0.05, 0) is 43.3 Å². The summed E-state index contributed by atoms with van der Waals surface area (Å²) in [4.78, 5) is 24.6. The molecule has 9 heteroatoms. The first-order valence-electron chi connectivity index (χ1n) is 7.81. The van der Waals surface area contributed by atoms with Crippen LogP contribution in [0.2, 0.25) is 0 Å². The number of carbonyl (C=O) groups excluding carboxylic acids is 2. The number of esters is 1. The molecule has 1 atom stereocenters. The Morgan fingerprint density at radius 3 is 2.26 bits per heavy atom. The van der Waals surface area contributed by atoms with Crippen molar-refractivity contribution in [3.05, 3.63) is 53.6 Å². The third kappa shape index (κ3) is 5.45. The first kappa shape index (κ1) is 20.2. The molecule has 2 rings (SSSR count). The number of sulfonamides is 1. The van der Waals surface area contributed by atoms with E-state index in [1.54, 1.807) is 0 Å². The van der Waals surface area contributed by atoms with E-state index in [1.807, 2.05) is 0 Å². The Morgan fingerprint density at radius 2 is 1.74 bits per heavy atom. The maximum atomic E-state index is 12.4. The second kappa shape index (κ2) is 8.09. The van der Waals surface area contributed by atoms with Crippen molar-refractivity contribution in [2.75, 3.05) is 18.1 Å². The number of Topliss-reactive ketones (excluding diaryl/α,β-unsaturated/α-hetero) is 1. The Kier molecular flexibility index (Phi) is 6.06. The Morgan fingerprint density at radius 1 is 1.11 bits per heavy atom. The summed E-state index contributed by atoms with van der Waals surface area (Å²) in [6.45, 7) is 1.41. The molecule has 0 amide bonds. The number of hydrogen-bond donors (Lipinski definition) is 2. The second-order valence-electron chi connectivity index (χ2n) is 5.75. The van der Waals surface area contributed by atoms with Gasteiger partial charge in [0.1, 0.15) is 17.1 Å². The fraction of sp³-hybridized carbons (Fsp3) is 0.222. The van der Waals surface area contributed by atoms with E-state index in [0.717, 1.165) is 6.26 Å². The van der Waals surface area contributed by atoms with E-state index in [2.05, 4.69) is 4.72 Å². The maximum Gasteiger partial charge on any atom is 0.342 e. The molecular weight excluding hydrogens is 374 g/mol. The monoisotopic (exact) mass is 393 g/mol. The first-order chi connectivity index (χ1) is 12.6. The second-order valence-corrected chi connectivity index (χ2v) is 7.49. The molecule has 0 heterocycles. The maximum absolute atomic E-state index is 12.4. The Labute approximate surface area is 156 Å². The number of ether oxygens (including phenoxy) is 2. The number of methoxy groups -OCH3 is 1. The zero-order valence-corrected chi connectivity index (χ0v) is 15.7. The van der Waals surface area contributed by atoms with E-state index in [4.69, 9.17) is 9.47 Å². The molecule has 2 aromatic carbocycles. The van der Waals surface area contributed by atoms with Crippen LogP contribution in [-0.4, -0.2) is 44.7 Å². The van der Waals surface area contributed by atoms with E-state index in [0.29, 0.717) is 11.4 Å². The number of hydrogen-bond acceptors (Lipinski definition) is 7. The molecule has 27 heavy (non-hydrogen) atoms. The number of rotatable bonds is 7. The van der Waals surface area contributed by atoms with Crippen molar-refractivity contribution >= 4 is 27.5 Å². The standard InChI is InChI=1S/C18H19NO7S/c1-11(26-18(22)15-9-8-14(25-2)10-16(15)20)17(21)12-4-6-13(7-5-12)19-27(3,23)24/h4-11,19-20H,1-3H3/t11-/m0/s1. The quantitative estimate of drug-likeness (QED) is 0.547. The first-order valence-corrected chi connectivity index (χ1v) is 9.70. The van der Waals surface area contributed by atoms with Crippen molar-refractivity contribution in [1.29, 1.82) is 0 Å². The van der Waals surface area contributed by atoms with Gasteiger partial charge in [0, 0.05) is 17.3 Å². The number of phenolic OH excluding ortho intramolecular Hbond substituents is 1. The highest BCUT2D eigenvalue weighted by atomic mass is 32.2. The smallest absolute Gasteiger partial charge is 0.342 e. The lowest BCUT2D eigenvalue weighted by molar-refractivity contribution is 0.0316. The number of anilines is 1. The van der Waals surface area contributed by atoms with E-state index in [-0.39, 0.29) is 16.9 Å². The van der Waals surface area contributed by atoms with Gasteiger partial charge in [-0.25, -0.2) is 13.2 Å². The minimum Gasteiger partial charge on any atom is -0.507 e. The van der Waals surface area contributed by atoms with Gasteiger partial charge in [0.25, 0.3) is 0 Å². The van der Waals surface area contributed by atoms with Crippen LogP contribution in [-0.2, 0) is 14.8 Å². The molecule has 8 nitrogen and oxygen atoms in total. The Balaban J connectivity index is 2.07. The van der Waals surface area contributed by atoms with Crippen molar-refractivity contribution in [2.24, 2.45) is 0 Å². The van der Waals surface area contributed by atoms with Crippen LogP contribution in [0.25, 0.3) is 0 Å². The molecule has 0 spiro atoms. The van der Waals surface area contributed by atoms with Crippen LogP contribution in [0.1, 0.15) is 27.6 Å². The number of aromatic hydroxyl groups is 1. The summed E-state index contributed by atoms with van der Waals surface area (Å²) in [6, 6.07) is 9.78. The molecule has 0 aromatic heterocycles. The highest BCUT2D eigenvalue weighted by Gasteiger charge is 2.22. The molecule has 0 aliphatic heterocycles. The predicted molar refractivity (Wildman–Crippen MR) is 98.8 cm³/mol. The largest absolute Gasteiger partial charge is 0.507 e. The van der Waals surface area contributed by atoms with E-state index in [9.17, 15) is 23.1 Å². The molecule has 2 aromatic rings. The van der Waals surface area contributed by atoms with Crippen molar-refractivity contribution in [3.63, 3.8) is 0 Å². The van der Waals surface area contributed by atoms with Crippen LogP contribution >= 0.6 is 0 Å². The van der Waals surface area contributed by atoms with Crippen molar-refractivity contribution in [1.82, 2.24) is 0 Å². The zero-order chi connectivity index (χ0) is 20.2. The summed E-state index contributed by atoms with van der Waals surface area (Å²) in [5, 5.41) is 9.86. The van der Waals surface area contributed by atoms with Crippen LogP contribution in [0.3, 0.4) is 0 Å². The third-order valence-electron chi connectivity index (χ3n) is 3.55. The van der Waals surface area contributed by atoms with Gasteiger partial charge in [-0.1, -0.05) is 0 Å². The van der Waals surface area contributed by atoms with Gasteiger partial charge in [-0.15, -0.1) is 0 Å². The number of ketones is 1. The Bertz CT molecular complexity index is 952. The molecule has 0 saturated carbocycles. The molecule has 0 fully saturated rings. The average Bonchev–Trinajstić information content (AvgIpc) is 2.60. The van der Waals surface area contributed by atoms with Gasteiger partial charge < -0.3 is 14.6 Å². The van der Waals surface area contributed by atoms with Gasteiger partial charge in [0.2, 0.25) is 15.8 Å². The number of carbonyl (C=O) groups is 2. The molecule has 0 radical (unpaired) electrons. The summed E-state index contributed by atoms with van der Waals surface area (Å²) in [5.74, 6) is -1.28. The highest BCUT2D eigenvalue weighted by molar-refractivity contribution is 7.92. The molecule has 0 aliphatic carbocycles. The van der Waals surface area contributed by atoms with Crippen LogP contribution in [0.15, 0.2) is 42.5 Å². The van der Waals surface area contributed by atoms with Gasteiger partial charge in [-0.3, -0.25) is 9.52 Å². The minimum atomic E-state index is -3.42. The third-order valence-corrected chi connectivity index (χ3v) is 4.16. The van der Waals surface area contributed by atoms with Gasteiger partial charge in [0.05, 0.1) is 13.4 Å². The fourth-order valence-corrected chi connectivity index (χ4v) is 2.80. The normalized spacial score (nSPS) is 12.1. The van der Waals surface area contributed by atoms with Crippen LogP contribution in [0, 0.1) is 0 Å². The fourth-order valence-electron chi connectivity index (χ4n) is 2.24. The highest BCUT2D eigenvalue weighted by Crippen LogP contribution is 2.24. The lowest BCUT2D eigenvalue weighted by Crippen LogP contribution is -2.24. The topological polar surface area (TPSA) is 119 Å². The van der Waals surface area contributed by atoms with Crippen LogP contribution < -0.4 is 9.46 Å². The van der Waals surface area contributed by atoms with E-state index in [1.165, 1.54) is 56.5 Å².